The summed E-state index contributed by atoms with van der Waals surface area (Å²) in [6, 6.07) is 11.1. The lowest BCUT2D eigenvalue weighted by Crippen LogP contribution is -2.08. The van der Waals surface area contributed by atoms with Crippen molar-refractivity contribution in [2.75, 3.05) is 0 Å². The highest BCUT2D eigenvalue weighted by Crippen LogP contribution is 2.24. The molecule has 0 bridgehead atoms. The molecule has 1 heterocycles. The van der Waals surface area contributed by atoms with Crippen LogP contribution in [0.4, 0.5) is 8.78 Å². The average Bonchev–Trinajstić information content (AvgIpc) is 3.14. The molecule has 3 rings (SSSR count). The fourth-order valence-electron chi connectivity index (χ4n) is 2.32. The number of carbonyl (C=O) groups excluding carboxylic acids is 2. The molecule has 0 atom stereocenters. The number of Topliss-reactive ketones (excluding diaryl/α,β-unsaturated/α-hetero) is 1. The van der Waals surface area contributed by atoms with Crippen LogP contribution in [0.1, 0.15) is 28.9 Å². The van der Waals surface area contributed by atoms with Gasteiger partial charge in [-0.2, -0.15) is 0 Å². The summed E-state index contributed by atoms with van der Waals surface area (Å²) in [4.78, 5) is 28.1. The number of carbonyl (C=O) groups is 2. The van der Waals surface area contributed by atoms with E-state index in [1.165, 1.54) is 47.7 Å². The molecule has 0 saturated heterocycles. The summed E-state index contributed by atoms with van der Waals surface area (Å²) in [5, 5.41) is 2.46. The summed E-state index contributed by atoms with van der Waals surface area (Å²) in [6.07, 6.45) is -0.0759. The first-order valence-electron chi connectivity index (χ1n) is 8.16. The predicted molar refractivity (Wildman–Crippen MR) is 97.3 cm³/mol. The van der Waals surface area contributed by atoms with E-state index in [2.05, 4.69) is 4.98 Å². The number of rotatable bonds is 7. The second-order valence-corrected chi connectivity index (χ2v) is 6.60. The Labute approximate surface area is 158 Å². The molecule has 0 amide bonds. The zero-order chi connectivity index (χ0) is 19.2. The van der Waals surface area contributed by atoms with Crippen molar-refractivity contribution >= 4 is 23.1 Å². The maximum atomic E-state index is 13.0. The Morgan fingerprint density at radius 1 is 0.926 bits per heavy atom. The summed E-state index contributed by atoms with van der Waals surface area (Å²) in [5.74, 6) is -1.50. The molecule has 0 spiro atoms. The molecule has 27 heavy (non-hydrogen) atoms. The summed E-state index contributed by atoms with van der Waals surface area (Å²) in [6.45, 7) is 0.00126. The molecule has 0 saturated carbocycles. The second kappa shape index (κ2) is 8.64. The van der Waals surface area contributed by atoms with Gasteiger partial charge in [0.25, 0.3) is 0 Å². The molecule has 0 aliphatic rings. The second-order valence-electron chi connectivity index (χ2n) is 5.74. The summed E-state index contributed by atoms with van der Waals surface area (Å²) < 4.78 is 30.9. The Kier molecular flexibility index (Phi) is 6.03. The zero-order valence-electron chi connectivity index (χ0n) is 14.2. The van der Waals surface area contributed by atoms with Gasteiger partial charge in [0.1, 0.15) is 23.2 Å². The Bertz CT molecular complexity index is 937. The molecule has 2 aromatic carbocycles. The number of hydrogen-bond donors (Lipinski definition) is 0. The van der Waals surface area contributed by atoms with Gasteiger partial charge >= 0.3 is 5.97 Å². The summed E-state index contributed by atoms with van der Waals surface area (Å²) >= 11 is 1.37. The van der Waals surface area contributed by atoms with Crippen molar-refractivity contribution in [1.82, 2.24) is 4.98 Å². The largest absolute Gasteiger partial charge is 0.459 e. The van der Waals surface area contributed by atoms with Crippen molar-refractivity contribution in [1.29, 1.82) is 0 Å². The molecule has 0 fully saturated rings. The van der Waals surface area contributed by atoms with E-state index in [1.54, 1.807) is 17.5 Å². The van der Waals surface area contributed by atoms with Crippen molar-refractivity contribution in [2.45, 2.75) is 19.4 Å². The van der Waals surface area contributed by atoms with Crippen LogP contribution in [0.2, 0.25) is 0 Å². The van der Waals surface area contributed by atoms with Gasteiger partial charge in [0.15, 0.2) is 5.78 Å². The van der Waals surface area contributed by atoms with Gasteiger partial charge in [-0.05, 0) is 48.5 Å². The smallest absolute Gasteiger partial charge is 0.306 e. The minimum absolute atomic E-state index is 0.00126. The predicted octanol–water partition coefficient (Wildman–Crippen LogP) is 4.79. The molecule has 3 aromatic rings. The van der Waals surface area contributed by atoms with Crippen molar-refractivity contribution in [2.24, 2.45) is 0 Å². The Morgan fingerprint density at radius 3 is 2.22 bits per heavy atom. The van der Waals surface area contributed by atoms with E-state index >= 15 is 0 Å². The lowest BCUT2D eigenvalue weighted by molar-refractivity contribution is -0.145. The molecule has 0 aliphatic carbocycles. The highest BCUT2D eigenvalue weighted by atomic mass is 32.1. The van der Waals surface area contributed by atoms with Crippen LogP contribution in [0.5, 0.6) is 0 Å². The fourth-order valence-corrected chi connectivity index (χ4v) is 3.13. The minimum Gasteiger partial charge on any atom is -0.459 e. The maximum absolute atomic E-state index is 13.0. The maximum Gasteiger partial charge on any atom is 0.306 e. The molecule has 138 valence electrons. The van der Waals surface area contributed by atoms with E-state index in [4.69, 9.17) is 4.74 Å². The number of thiazole rings is 1. The van der Waals surface area contributed by atoms with Crippen LogP contribution in [0.3, 0.4) is 0 Å². The van der Waals surface area contributed by atoms with Gasteiger partial charge in [-0.3, -0.25) is 9.59 Å². The Morgan fingerprint density at radius 2 is 1.56 bits per heavy atom. The standard InChI is InChI=1S/C20H15F2NO3S/c21-15-5-1-13(2-6-15)18(24)9-10-19(25)26-11-17-12-27-20(23-17)14-3-7-16(22)8-4-14/h1-8,12H,9-11H2. The van der Waals surface area contributed by atoms with Crippen LogP contribution >= 0.6 is 11.3 Å². The summed E-state index contributed by atoms with van der Waals surface area (Å²) in [5.41, 5.74) is 1.72. The number of nitrogens with zero attached hydrogens (tertiary/aromatic N) is 1. The van der Waals surface area contributed by atoms with Crippen molar-refractivity contribution in [3.8, 4) is 10.6 Å². The number of hydrogen-bond acceptors (Lipinski definition) is 5. The molecule has 0 radical (unpaired) electrons. The zero-order valence-corrected chi connectivity index (χ0v) is 15.0. The van der Waals surface area contributed by atoms with Gasteiger partial charge in [-0.25, -0.2) is 13.8 Å². The van der Waals surface area contributed by atoms with Crippen LogP contribution in [0.15, 0.2) is 53.9 Å². The number of esters is 1. The quantitative estimate of drug-likeness (QED) is 0.432. The van der Waals surface area contributed by atoms with Crippen LogP contribution < -0.4 is 0 Å². The monoisotopic (exact) mass is 387 g/mol. The van der Waals surface area contributed by atoms with Gasteiger partial charge in [0, 0.05) is 22.9 Å². The van der Waals surface area contributed by atoms with Gasteiger partial charge in [0.2, 0.25) is 0 Å². The van der Waals surface area contributed by atoms with Gasteiger partial charge in [-0.15, -0.1) is 11.3 Å². The lowest BCUT2D eigenvalue weighted by atomic mass is 10.1. The summed E-state index contributed by atoms with van der Waals surface area (Å²) in [7, 11) is 0. The first kappa shape index (κ1) is 18.8. The highest BCUT2D eigenvalue weighted by molar-refractivity contribution is 7.13. The third-order valence-corrected chi connectivity index (χ3v) is 4.69. The SMILES string of the molecule is O=C(CCC(=O)c1ccc(F)cc1)OCc1csc(-c2ccc(F)cc2)n1. The van der Waals surface area contributed by atoms with Gasteiger partial charge < -0.3 is 4.74 Å². The number of ketones is 1. The molecular weight excluding hydrogens is 372 g/mol. The third kappa shape index (κ3) is 5.27. The van der Waals surface area contributed by atoms with E-state index in [0.717, 1.165) is 5.56 Å². The van der Waals surface area contributed by atoms with Crippen molar-refractivity contribution in [3.05, 3.63) is 76.8 Å². The normalized spacial score (nSPS) is 10.6. The third-order valence-electron chi connectivity index (χ3n) is 3.75. The van der Waals surface area contributed by atoms with E-state index in [-0.39, 0.29) is 31.0 Å². The average molecular weight is 387 g/mol. The van der Waals surface area contributed by atoms with E-state index in [9.17, 15) is 18.4 Å². The number of halogens is 2. The molecule has 1 aromatic heterocycles. The molecule has 4 nitrogen and oxygen atoms in total. The van der Waals surface area contributed by atoms with Crippen LogP contribution in [-0.2, 0) is 16.1 Å². The first-order chi connectivity index (χ1) is 13.0. The molecule has 0 aliphatic heterocycles. The van der Waals surface area contributed by atoms with Gasteiger partial charge in [0.05, 0.1) is 12.1 Å². The molecule has 0 N–H and O–H groups in total. The lowest BCUT2D eigenvalue weighted by Gasteiger charge is -2.03. The number of aromatic nitrogens is 1. The van der Waals surface area contributed by atoms with E-state index in [1.807, 2.05) is 0 Å². The van der Waals surface area contributed by atoms with Crippen molar-refractivity contribution < 1.29 is 23.1 Å². The van der Waals surface area contributed by atoms with E-state index in [0.29, 0.717) is 16.3 Å². The van der Waals surface area contributed by atoms with Crippen LogP contribution in [0, 0.1) is 11.6 Å². The first-order valence-corrected chi connectivity index (χ1v) is 9.04. The number of ether oxygens (including phenoxy) is 1. The van der Waals surface area contributed by atoms with Crippen LogP contribution in [-0.4, -0.2) is 16.7 Å². The minimum atomic E-state index is -0.512. The molecule has 7 heteroatoms. The molecule has 0 unspecified atom stereocenters. The van der Waals surface area contributed by atoms with Crippen LogP contribution in [0.25, 0.3) is 10.6 Å². The Balaban J connectivity index is 1.47. The molecular formula is C20H15F2NO3S. The number of benzene rings is 2. The topological polar surface area (TPSA) is 56.3 Å². The Hall–Kier alpha value is -2.93. The highest BCUT2D eigenvalue weighted by Gasteiger charge is 2.12. The van der Waals surface area contributed by atoms with Gasteiger partial charge in [-0.1, -0.05) is 0 Å². The fraction of sp³-hybridized carbons (Fsp3) is 0.150. The van der Waals surface area contributed by atoms with E-state index < -0.39 is 11.8 Å². The van der Waals surface area contributed by atoms with Crippen molar-refractivity contribution in [3.63, 3.8) is 0 Å².